The van der Waals surface area contributed by atoms with Crippen LogP contribution >= 0.6 is 0 Å². The standard InChI is InChI=1S/C19H15FN6O2/c1-2-16-24-19(28-25-16)14-4-3-9-21-17(14)26-10-15(22-11-26)18(27)23-13-7-5-12(20)6-8-13/h3-11H,2H2,1H3,(H,23,27). The first-order valence-electron chi connectivity index (χ1n) is 8.53. The van der Waals surface area contributed by atoms with E-state index in [0.717, 1.165) is 0 Å². The predicted molar refractivity (Wildman–Crippen MR) is 98.4 cm³/mol. The highest BCUT2D eigenvalue weighted by molar-refractivity contribution is 6.02. The van der Waals surface area contributed by atoms with Gasteiger partial charge in [-0.15, -0.1) is 0 Å². The molecule has 9 heteroatoms. The van der Waals surface area contributed by atoms with E-state index in [-0.39, 0.29) is 11.5 Å². The highest BCUT2D eigenvalue weighted by atomic mass is 19.1. The molecule has 0 saturated heterocycles. The topological polar surface area (TPSA) is 98.7 Å². The predicted octanol–water partition coefficient (Wildman–Crippen LogP) is 3.27. The van der Waals surface area contributed by atoms with Crippen LogP contribution in [-0.4, -0.2) is 30.6 Å². The van der Waals surface area contributed by atoms with Crippen LogP contribution in [0.3, 0.4) is 0 Å². The fourth-order valence-electron chi connectivity index (χ4n) is 2.56. The number of nitrogens with one attached hydrogen (secondary N) is 1. The molecule has 0 fully saturated rings. The average molecular weight is 378 g/mol. The lowest BCUT2D eigenvalue weighted by molar-refractivity contribution is 0.102. The number of hydrogen-bond acceptors (Lipinski definition) is 6. The molecule has 0 aliphatic rings. The van der Waals surface area contributed by atoms with Crippen LogP contribution in [0.4, 0.5) is 10.1 Å². The maximum Gasteiger partial charge on any atom is 0.275 e. The second-order valence-corrected chi connectivity index (χ2v) is 5.87. The first kappa shape index (κ1) is 17.5. The largest absolute Gasteiger partial charge is 0.334 e. The number of aromatic nitrogens is 5. The van der Waals surface area contributed by atoms with Crippen molar-refractivity contribution < 1.29 is 13.7 Å². The van der Waals surface area contributed by atoms with E-state index in [1.807, 2.05) is 6.92 Å². The minimum absolute atomic E-state index is 0.181. The number of carbonyl (C=O) groups excluding carboxylic acids is 1. The summed E-state index contributed by atoms with van der Waals surface area (Å²) in [6, 6.07) is 9.04. The van der Waals surface area contributed by atoms with Crippen LogP contribution in [0.1, 0.15) is 23.2 Å². The summed E-state index contributed by atoms with van der Waals surface area (Å²) in [5.74, 6) is 0.633. The Morgan fingerprint density at radius 1 is 1.21 bits per heavy atom. The molecule has 0 radical (unpaired) electrons. The minimum atomic E-state index is -0.422. The number of halogens is 1. The smallest absolute Gasteiger partial charge is 0.275 e. The van der Waals surface area contributed by atoms with Crippen LogP contribution in [-0.2, 0) is 6.42 Å². The molecule has 1 aromatic carbocycles. The van der Waals surface area contributed by atoms with Crippen molar-refractivity contribution in [1.29, 1.82) is 0 Å². The summed E-state index contributed by atoms with van der Waals surface area (Å²) < 4.78 is 19.9. The minimum Gasteiger partial charge on any atom is -0.334 e. The van der Waals surface area contributed by atoms with Crippen molar-refractivity contribution in [3.05, 3.63) is 72.5 Å². The van der Waals surface area contributed by atoms with Gasteiger partial charge in [-0.3, -0.25) is 9.36 Å². The number of hydrogen-bond donors (Lipinski definition) is 1. The summed E-state index contributed by atoms with van der Waals surface area (Å²) in [6.45, 7) is 1.93. The number of amides is 1. The normalized spacial score (nSPS) is 10.8. The highest BCUT2D eigenvalue weighted by Crippen LogP contribution is 2.23. The Labute approximate surface area is 159 Å². The Balaban J connectivity index is 1.61. The Hall–Kier alpha value is -3.88. The van der Waals surface area contributed by atoms with Crippen molar-refractivity contribution in [2.45, 2.75) is 13.3 Å². The fraction of sp³-hybridized carbons (Fsp3) is 0.105. The van der Waals surface area contributed by atoms with Crippen LogP contribution in [0.5, 0.6) is 0 Å². The molecule has 28 heavy (non-hydrogen) atoms. The quantitative estimate of drug-likeness (QED) is 0.572. The van der Waals surface area contributed by atoms with Crippen molar-refractivity contribution >= 4 is 11.6 Å². The molecule has 8 nitrogen and oxygen atoms in total. The summed E-state index contributed by atoms with van der Waals surface area (Å²) in [5, 5.41) is 6.57. The molecule has 0 spiro atoms. The molecular weight excluding hydrogens is 363 g/mol. The molecule has 0 bridgehead atoms. The third-order valence-electron chi connectivity index (χ3n) is 3.96. The third kappa shape index (κ3) is 3.50. The van der Waals surface area contributed by atoms with Crippen molar-refractivity contribution in [2.75, 3.05) is 5.32 Å². The van der Waals surface area contributed by atoms with Gasteiger partial charge in [0.1, 0.15) is 17.8 Å². The van der Waals surface area contributed by atoms with Gasteiger partial charge in [0, 0.05) is 24.5 Å². The van der Waals surface area contributed by atoms with E-state index in [1.165, 1.54) is 30.6 Å². The second-order valence-electron chi connectivity index (χ2n) is 5.87. The van der Waals surface area contributed by atoms with E-state index in [9.17, 15) is 9.18 Å². The Morgan fingerprint density at radius 3 is 2.79 bits per heavy atom. The molecule has 0 unspecified atom stereocenters. The number of rotatable bonds is 5. The van der Waals surface area contributed by atoms with Crippen molar-refractivity contribution in [3.8, 4) is 17.3 Å². The lowest BCUT2D eigenvalue weighted by Crippen LogP contribution is -2.12. The average Bonchev–Trinajstić information content (AvgIpc) is 3.39. The van der Waals surface area contributed by atoms with Gasteiger partial charge in [-0.2, -0.15) is 4.98 Å². The summed E-state index contributed by atoms with van der Waals surface area (Å²) in [4.78, 5) is 25.2. The van der Waals surface area contributed by atoms with Gasteiger partial charge in [-0.1, -0.05) is 12.1 Å². The Morgan fingerprint density at radius 2 is 2.04 bits per heavy atom. The molecule has 3 aromatic heterocycles. The van der Waals surface area contributed by atoms with E-state index in [2.05, 4.69) is 25.4 Å². The monoisotopic (exact) mass is 378 g/mol. The van der Waals surface area contributed by atoms with Crippen LogP contribution in [0, 0.1) is 5.82 Å². The Kier molecular flexibility index (Phi) is 4.63. The van der Waals surface area contributed by atoms with Crippen LogP contribution in [0.15, 0.2) is 59.6 Å². The van der Waals surface area contributed by atoms with E-state index in [0.29, 0.717) is 35.2 Å². The SMILES string of the molecule is CCc1noc(-c2cccnc2-n2cnc(C(=O)Nc3ccc(F)cc3)c2)n1. The van der Waals surface area contributed by atoms with Gasteiger partial charge in [0.05, 0.1) is 5.56 Å². The molecule has 1 N–H and O–H groups in total. The maximum absolute atomic E-state index is 13.0. The molecule has 3 heterocycles. The van der Waals surface area contributed by atoms with E-state index < -0.39 is 5.91 Å². The number of benzene rings is 1. The van der Waals surface area contributed by atoms with Gasteiger partial charge < -0.3 is 9.84 Å². The zero-order valence-electron chi connectivity index (χ0n) is 14.8. The number of nitrogens with zero attached hydrogens (tertiary/aromatic N) is 5. The number of aryl methyl sites for hydroxylation is 1. The molecule has 4 rings (SSSR count). The molecule has 4 aromatic rings. The van der Waals surface area contributed by atoms with Gasteiger partial charge in [0.2, 0.25) is 0 Å². The van der Waals surface area contributed by atoms with Gasteiger partial charge in [0.25, 0.3) is 11.8 Å². The van der Waals surface area contributed by atoms with Crippen molar-refractivity contribution in [3.63, 3.8) is 0 Å². The zero-order valence-corrected chi connectivity index (χ0v) is 14.8. The van der Waals surface area contributed by atoms with Gasteiger partial charge >= 0.3 is 0 Å². The number of imidazole rings is 1. The summed E-state index contributed by atoms with van der Waals surface area (Å²) in [6.07, 6.45) is 5.29. The van der Waals surface area contributed by atoms with E-state index >= 15 is 0 Å². The van der Waals surface area contributed by atoms with Crippen LogP contribution in [0.2, 0.25) is 0 Å². The molecule has 0 aliphatic carbocycles. The molecule has 0 saturated carbocycles. The zero-order chi connectivity index (χ0) is 19.5. The number of pyridine rings is 1. The van der Waals surface area contributed by atoms with Gasteiger partial charge in [-0.05, 0) is 36.4 Å². The maximum atomic E-state index is 13.0. The van der Waals surface area contributed by atoms with Gasteiger partial charge in [-0.25, -0.2) is 14.4 Å². The lowest BCUT2D eigenvalue weighted by atomic mass is 10.2. The molecule has 0 aliphatic heterocycles. The molecule has 1 amide bonds. The Bertz CT molecular complexity index is 1120. The fourth-order valence-corrected chi connectivity index (χ4v) is 2.56. The van der Waals surface area contributed by atoms with E-state index in [1.54, 1.807) is 29.1 Å². The highest BCUT2D eigenvalue weighted by Gasteiger charge is 2.17. The van der Waals surface area contributed by atoms with Crippen LogP contribution < -0.4 is 5.32 Å². The first-order chi connectivity index (χ1) is 13.6. The first-order valence-corrected chi connectivity index (χ1v) is 8.53. The summed E-state index contributed by atoms with van der Waals surface area (Å²) in [5.41, 5.74) is 1.27. The molecular formula is C19H15FN6O2. The number of anilines is 1. The van der Waals surface area contributed by atoms with Gasteiger partial charge in [0.15, 0.2) is 11.6 Å². The van der Waals surface area contributed by atoms with E-state index in [4.69, 9.17) is 4.52 Å². The lowest BCUT2D eigenvalue weighted by Gasteiger charge is -2.05. The summed E-state index contributed by atoms with van der Waals surface area (Å²) in [7, 11) is 0. The second kappa shape index (κ2) is 7.39. The van der Waals surface area contributed by atoms with Crippen molar-refractivity contribution in [2.24, 2.45) is 0 Å². The summed E-state index contributed by atoms with van der Waals surface area (Å²) >= 11 is 0. The van der Waals surface area contributed by atoms with Crippen LogP contribution in [0.25, 0.3) is 17.3 Å². The van der Waals surface area contributed by atoms with Crippen molar-refractivity contribution in [1.82, 2.24) is 24.7 Å². The molecule has 140 valence electrons. The number of carbonyl (C=O) groups is 1. The third-order valence-corrected chi connectivity index (χ3v) is 3.96. The molecule has 0 atom stereocenters.